The SMILES string of the molecule is CC(N)C(Sc1cc(F)ccc1F)c1ccsc1. The summed E-state index contributed by atoms with van der Waals surface area (Å²) >= 11 is 2.83. The number of halogens is 2. The number of rotatable bonds is 4. The van der Waals surface area contributed by atoms with Crippen LogP contribution >= 0.6 is 23.1 Å². The molecule has 1 aromatic heterocycles. The van der Waals surface area contributed by atoms with Gasteiger partial charge in [0.25, 0.3) is 0 Å². The zero-order valence-corrected chi connectivity index (χ0v) is 11.4. The van der Waals surface area contributed by atoms with Crippen LogP contribution in [0.15, 0.2) is 39.9 Å². The Hall–Kier alpha value is -0.910. The lowest BCUT2D eigenvalue weighted by molar-refractivity contribution is 0.576. The molecule has 0 aliphatic heterocycles. The Morgan fingerprint density at radius 3 is 2.67 bits per heavy atom. The molecular weight excluding hydrogens is 272 g/mol. The summed E-state index contributed by atoms with van der Waals surface area (Å²) < 4.78 is 26.7. The summed E-state index contributed by atoms with van der Waals surface area (Å²) in [6.07, 6.45) is 0. The van der Waals surface area contributed by atoms with E-state index in [1.807, 2.05) is 23.8 Å². The number of benzene rings is 1. The minimum absolute atomic E-state index is 0.0763. The largest absolute Gasteiger partial charge is 0.327 e. The van der Waals surface area contributed by atoms with Gasteiger partial charge in [-0.25, -0.2) is 8.78 Å². The zero-order chi connectivity index (χ0) is 13.1. The molecule has 2 atom stereocenters. The first-order valence-corrected chi connectivity index (χ1v) is 7.29. The molecule has 0 saturated heterocycles. The van der Waals surface area contributed by atoms with Gasteiger partial charge in [0.05, 0.1) is 5.25 Å². The van der Waals surface area contributed by atoms with Crippen molar-refractivity contribution in [2.45, 2.75) is 23.1 Å². The van der Waals surface area contributed by atoms with Crippen LogP contribution < -0.4 is 5.73 Å². The fourth-order valence-corrected chi connectivity index (χ4v) is 3.54. The van der Waals surface area contributed by atoms with E-state index < -0.39 is 11.6 Å². The number of thiophene rings is 1. The summed E-state index contributed by atoms with van der Waals surface area (Å²) in [7, 11) is 0. The van der Waals surface area contributed by atoms with Gasteiger partial charge >= 0.3 is 0 Å². The first kappa shape index (κ1) is 13.5. The topological polar surface area (TPSA) is 26.0 Å². The van der Waals surface area contributed by atoms with Gasteiger partial charge in [0.1, 0.15) is 11.6 Å². The lowest BCUT2D eigenvalue weighted by atomic mass is 10.1. The molecule has 0 bridgehead atoms. The van der Waals surface area contributed by atoms with Gasteiger partial charge in [0, 0.05) is 10.9 Å². The number of nitrogens with two attached hydrogens (primary N) is 1. The minimum Gasteiger partial charge on any atom is -0.327 e. The highest BCUT2D eigenvalue weighted by Crippen LogP contribution is 2.39. The molecule has 1 heterocycles. The van der Waals surface area contributed by atoms with Crippen molar-refractivity contribution in [2.75, 3.05) is 0 Å². The number of hydrogen-bond acceptors (Lipinski definition) is 3. The molecule has 1 aromatic carbocycles. The van der Waals surface area contributed by atoms with Crippen LogP contribution in [0.5, 0.6) is 0 Å². The van der Waals surface area contributed by atoms with Gasteiger partial charge in [0.2, 0.25) is 0 Å². The van der Waals surface area contributed by atoms with Gasteiger partial charge in [-0.2, -0.15) is 11.3 Å². The second-order valence-corrected chi connectivity index (χ2v) is 5.99. The third-order valence-electron chi connectivity index (χ3n) is 2.50. The molecule has 18 heavy (non-hydrogen) atoms. The molecule has 0 fully saturated rings. The summed E-state index contributed by atoms with van der Waals surface area (Å²) in [5, 5.41) is 3.86. The standard InChI is InChI=1S/C13H13F2NS2/c1-8(16)13(9-4-5-17-7-9)18-12-6-10(14)2-3-11(12)15/h2-8,13H,16H2,1H3. The van der Waals surface area contributed by atoms with Crippen LogP contribution in [0, 0.1) is 11.6 Å². The Morgan fingerprint density at radius 1 is 1.28 bits per heavy atom. The highest BCUT2D eigenvalue weighted by molar-refractivity contribution is 7.99. The zero-order valence-electron chi connectivity index (χ0n) is 9.77. The smallest absolute Gasteiger partial charge is 0.136 e. The molecule has 2 rings (SSSR count). The van der Waals surface area contributed by atoms with Crippen molar-refractivity contribution in [2.24, 2.45) is 5.73 Å². The van der Waals surface area contributed by atoms with Crippen molar-refractivity contribution < 1.29 is 8.78 Å². The molecule has 2 aromatic rings. The van der Waals surface area contributed by atoms with Gasteiger partial charge in [0.15, 0.2) is 0 Å². The third kappa shape index (κ3) is 3.10. The molecule has 96 valence electrons. The maximum absolute atomic E-state index is 13.6. The molecule has 1 nitrogen and oxygen atoms in total. The number of thioether (sulfide) groups is 1. The predicted octanol–water partition coefficient (Wildman–Crippen LogP) is 4.21. The van der Waals surface area contributed by atoms with E-state index in [0.717, 1.165) is 17.7 Å². The lowest BCUT2D eigenvalue weighted by Crippen LogP contribution is -2.22. The average molecular weight is 285 g/mol. The van der Waals surface area contributed by atoms with Gasteiger partial charge in [-0.1, -0.05) is 0 Å². The van der Waals surface area contributed by atoms with Crippen LogP contribution in [0.4, 0.5) is 8.78 Å². The van der Waals surface area contributed by atoms with Crippen LogP contribution in [0.1, 0.15) is 17.7 Å². The Balaban J connectivity index is 2.27. The van der Waals surface area contributed by atoms with E-state index >= 15 is 0 Å². The maximum atomic E-state index is 13.6. The highest BCUT2D eigenvalue weighted by atomic mass is 32.2. The van der Waals surface area contributed by atoms with Gasteiger partial charge in [-0.05, 0) is 47.5 Å². The molecule has 0 aliphatic rings. The molecule has 0 radical (unpaired) electrons. The average Bonchev–Trinajstić information content (AvgIpc) is 2.83. The normalized spacial score (nSPS) is 14.4. The third-order valence-corrected chi connectivity index (χ3v) is 4.72. The van der Waals surface area contributed by atoms with E-state index in [4.69, 9.17) is 5.73 Å². The molecule has 0 aliphatic carbocycles. The summed E-state index contributed by atoms with van der Waals surface area (Å²) in [5.41, 5.74) is 6.98. The molecular formula is C13H13F2NS2. The molecule has 5 heteroatoms. The van der Waals surface area contributed by atoms with Gasteiger partial charge in [-0.3, -0.25) is 0 Å². The summed E-state index contributed by atoms with van der Waals surface area (Å²) in [6, 6.07) is 5.28. The van der Waals surface area contributed by atoms with Crippen LogP contribution in [-0.2, 0) is 0 Å². The van der Waals surface area contributed by atoms with E-state index in [0.29, 0.717) is 4.90 Å². The number of hydrogen-bond donors (Lipinski definition) is 1. The summed E-state index contributed by atoms with van der Waals surface area (Å²) in [5.74, 6) is -0.852. The second kappa shape index (κ2) is 5.82. The van der Waals surface area contributed by atoms with E-state index in [-0.39, 0.29) is 11.3 Å². The molecule has 0 amide bonds. The minimum atomic E-state index is -0.437. The van der Waals surface area contributed by atoms with E-state index in [2.05, 4.69) is 0 Å². The first-order chi connectivity index (χ1) is 8.58. The molecule has 0 spiro atoms. The Labute approximate surface area is 113 Å². The van der Waals surface area contributed by atoms with Crippen molar-refractivity contribution in [1.29, 1.82) is 0 Å². The Morgan fingerprint density at radius 2 is 2.06 bits per heavy atom. The van der Waals surface area contributed by atoms with Crippen molar-refractivity contribution >= 4 is 23.1 Å². The van der Waals surface area contributed by atoms with Crippen LogP contribution in [0.3, 0.4) is 0 Å². The quantitative estimate of drug-likeness (QED) is 0.852. The van der Waals surface area contributed by atoms with E-state index in [9.17, 15) is 8.78 Å². The molecule has 2 N–H and O–H groups in total. The van der Waals surface area contributed by atoms with Crippen LogP contribution in [0.25, 0.3) is 0 Å². The van der Waals surface area contributed by atoms with Gasteiger partial charge < -0.3 is 5.73 Å². The van der Waals surface area contributed by atoms with Crippen LogP contribution in [0.2, 0.25) is 0 Å². The molecule has 0 saturated carbocycles. The molecule has 2 unspecified atom stereocenters. The fourth-order valence-electron chi connectivity index (χ4n) is 1.62. The van der Waals surface area contributed by atoms with E-state index in [1.54, 1.807) is 11.3 Å². The van der Waals surface area contributed by atoms with Gasteiger partial charge in [-0.15, -0.1) is 11.8 Å². The van der Waals surface area contributed by atoms with Crippen molar-refractivity contribution in [1.82, 2.24) is 0 Å². The Bertz CT molecular complexity index is 512. The van der Waals surface area contributed by atoms with Crippen molar-refractivity contribution in [3.05, 3.63) is 52.2 Å². The monoisotopic (exact) mass is 285 g/mol. The summed E-state index contributed by atoms with van der Waals surface area (Å²) in [4.78, 5) is 0.295. The Kier molecular flexibility index (Phi) is 4.37. The lowest BCUT2D eigenvalue weighted by Gasteiger charge is -2.19. The van der Waals surface area contributed by atoms with Crippen LogP contribution in [-0.4, -0.2) is 6.04 Å². The van der Waals surface area contributed by atoms with E-state index in [1.165, 1.54) is 17.8 Å². The maximum Gasteiger partial charge on any atom is 0.136 e. The fraction of sp³-hybridized carbons (Fsp3) is 0.231. The summed E-state index contributed by atoms with van der Waals surface area (Å²) in [6.45, 7) is 1.87. The highest BCUT2D eigenvalue weighted by Gasteiger charge is 2.20. The first-order valence-electron chi connectivity index (χ1n) is 5.47. The van der Waals surface area contributed by atoms with Crippen molar-refractivity contribution in [3.8, 4) is 0 Å². The van der Waals surface area contributed by atoms with Crippen molar-refractivity contribution in [3.63, 3.8) is 0 Å². The second-order valence-electron chi connectivity index (χ2n) is 4.03. The predicted molar refractivity (Wildman–Crippen MR) is 72.9 cm³/mol.